The third-order valence-electron chi connectivity index (χ3n) is 4.29. The lowest BCUT2D eigenvalue weighted by Gasteiger charge is -2.18. The van der Waals surface area contributed by atoms with E-state index < -0.39 is 9.84 Å². The molecule has 2 aromatic rings. The van der Waals surface area contributed by atoms with Gasteiger partial charge in [-0.15, -0.1) is 24.0 Å². The number of aliphatic hydroxyl groups excluding tert-OH is 1. The van der Waals surface area contributed by atoms with Gasteiger partial charge < -0.3 is 15.7 Å². The van der Waals surface area contributed by atoms with Crippen molar-refractivity contribution in [2.24, 2.45) is 4.99 Å². The lowest BCUT2D eigenvalue weighted by atomic mass is 10.0. The minimum absolute atomic E-state index is 0. The summed E-state index contributed by atoms with van der Waals surface area (Å²) in [6.45, 7) is 1.29. The number of nitrogens with one attached hydrogen (secondary N) is 2. The fraction of sp³-hybridized carbons (Fsp3) is 0.350. The molecule has 0 saturated carbocycles. The van der Waals surface area contributed by atoms with E-state index in [1.807, 2.05) is 42.5 Å². The zero-order chi connectivity index (χ0) is 19.7. The van der Waals surface area contributed by atoms with E-state index in [2.05, 4.69) is 15.6 Å². The van der Waals surface area contributed by atoms with Crippen molar-refractivity contribution in [1.82, 2.24) is 10.6 Å². The molecule has 28 heavy (non-hydrogen) atoms. The molecule has 0 bridgehead atoms. The van der Waals surface area contributed by atoms with Crippen LogP contribution in [-0.2, 0) is 16.3 Å². The fourth-order valence-electron chi connectivity index (χ4n) is 2.68. The lowest BCUT2D eigenvalue weighted by molar-refractivity contribution is 0.265. The van der Waals surface area contributed by atoms with Gasteiger partial charge in [-0.05, 0) is 29.7 Å². The number of aliphatic imine (C=N–C) groups is 1. The predicted molar refractivity (Wildman–Crippen MR) is 124 cm³/mol. The third-order valence-corrected chi connectivity index (χ3v) is 5.42. The Labute approximate surface area is 184 Å². The van der Waals surface area contributed by atoms with Crippen molar-refractivity contribution >= 4 is 39.8 Å². The van der Waals surface area contributed by atoms with Crippen molar-refractivity contribution in [3.05, 3.63) is 65.7 Å². The second-order valence-corrected chi connectivity index (χ2v) is 8.35. The first-order chi connectivity index (χ1) is 12.9. The molecular formula is C20H28IN3O3S. The number of rotatable bonds is 8. The Morgan fingerprint density at radius 1 is 1.07 bits per heavy atom. The highest BCUT2D eigenvalue weighted by atomic mass is 127. The molecule has 8 heteroatoms. The molecule has 0 heterocycles. The molecule has 0 aromatic heterocycles. The standard InChI is InChI=1S/C20H27N3O3S.HI/c1-21-20(23-14-18(15-24)17-6-4-3-5-7-17)22-13-12-16-8-10-19(11-9-16)27(2,25)26;/h3-11,18,24H,12-15H2,1-2H3,(H2,21,22,23);1H. The molecule has 1 atom stereocenters. The number of benzene rings is 2. The molecular weight excluding hydrogens is 489 g/mol. The van der Waals surface area contributed by atoms with E-state index in [9.17, 15) is 13.5 Å². The second-order valence-electron chi connectivity index (χ2n) is 6.34. The van der Waals surface area contributed by atoms with Crippen molar-refractivity contribution in [1.29, 1.82) is 0 Å². The van der Waals surface area contributed by atoms with Crippen LogP contribution >= 0.6 is 24.0 Å². The van der Waals surface area contributed by atoms with Crippen molar-refractivity contribution in [2.75, 3.05) is 33.0 Å². The molecule has 0 radical (unpaired) electrons. The number of nitrogens with zero attached hydrogens (tertiary/aromatic N) is 1. The van der Waals surface area contributed by atoms with Gasteiger partial charge in [-0.3, -0.25) is 4.99 Å². The highest BCUT2D eigenvalue weighted by Gasteiger charge is 2.11. The molecule has 0 aliphatic heterocycles. The van der Waals surface area contributed by atoms with Crippen molar-refractivity contribution in [3.63, 3.8) is 0 Å². The van der Waals surface area contributed by atoms with E-state index in [0.29, 0.717) is 23.9 Å². The summed E-state index contributed by atoms with van der Waals surface area (Å²) in [6, 6.07) is 16.8. The molecule has 2 aromatic carbocycles. The number of sulfone groups is 1. The van der Waals surface area contributed by atoms with Crippen LogP contribution in [0.4, 0.5) is 0 Å². The van der Waals surface area contributed by atoms with Crippen LogP contribution in [0.2, 0.25) is 0 Å². The molecule has 6 nitrogen and oxygen atoms in total. The monoisotopic (exact) mass is 517 g/mol. The SMILES string of the molecule is CN=C(NCCc1ccc(S(C)(=O)=O)cc1)NCC(CO)c1ccccc1.I. The topological polar surface area (TPSA) is 90.8 Å². The van der Waals surface area contributed by atoms with Crippen LogP contribution in [-0.4, -0.2) is 52.5 Å². The van der Waals surface area contributed by atoms with Crippen molar-refractivity contribution in [3.8, 4) is 0 Å². The van der Waals surface area contributed by atoms with E-state index in [1.165, 1.54) is 6.26 Å². The summed E-state index contributed by atoms with van der Waals surface area (Å²) in [4.78, 5) is 4.53. The van der Waals surface area contributed by atoms with Gasteiger partial charge in [0.2, 0.25) is 0 Å². The van der Waals surface area contributed by atoms with Crippen molar-refractivity contribution < 1.29 is 13.5 Å². The second kappa shape index (κ2) is 12.0. The molecule has 0 aliphatic rings. The number of guanidine groups is 1. The zero-order valence-electron chi connectivity index (χ0n) is 16.1. The number of hydrogen-bond donors (Lipinski definition) is 3. The molecule has 154 valence electrons. The maximum Gasteiger partial charge on any atom is 0.191 e. The van der Waals surface area contributed by atoms with Gasteiger partial charge in [-0.2, -0.15) is 0 Å². The molecule has 1 unspecified atom stereocenters. The van der Waals surface area contributed by atoms with E-state index in [4.69, 9.17) is 0 Å². The van der Waals surface area contributed by atoms with Crippen molar-refractivity contribution in [2.45, 2.75) is 17.2 Å². The summed E-state index contributed by atoms with van der Waals surface area (Å²) in [5.74, 6) is 0.658. The average Bonchev–Trinajstić information content (AvgIpc) is 2.67. The maximum absolute atomic E-state index is 11.5. The van der Waals surface area contributed by atoms with Gasteiger partial charge in [0.1, 0.15) is 0 Å². The minimum atomic E-state index is -3.16. The smallest absolute Gasteiger partial charge is 0.191 e. The van der Waals surface area contributed by atoms with Gasteiger partial charge >= 0.3 is 0 Å². The summed E-state index contributed by atoms with van der Waals surface area (Å²) in [5, 5.41) is 16.1. The van der Waals surface area contributed by atoms with Crippen LogP contribution in [0.3, 0.4) is 0 Å². The quantitative estimate of drug-likeness (QED) is 0.284. The molecule has 2 rings (SSSR count). The number of hydrogen-bond acceptors (Lipinski definition) is 4. The lowest BCUT2D eigenvalue weighted by Crippen LogP contribution is -2.40. The number of aliphatic hydroxyl groups is 1. The van der Waals surface area contributed by atoms with Crippen LogP contribution in [0.15, 0.2) is 64.5 Å². The highest BCUT2D eigenvalue weighted by molar-refractivity contribution is 14.0. The summed E-state index contributed by atoms with van der Waals surface area (Å²) < 4.78 is 23.0. The first kappa shape index (κ1) is 24.4. The Balaban J connectivity index is 0.00000392. The number of halogens is 1. The van der Waals surface area contributed by atoms with Crippen LogP contribution in [0.25, 0.3) is 0 Å². The third kappa shape index (κ3) is 7.76. The van der Waals surface area contributed by atoms with E-state index in [0.717, 1.165) is 17.5 Å². The highest BCUT2D eigenvalue weighted by Crippen LogP contribution is 2.13. The van der Waals surface area contributed by atoms with Gasteiger partial charge in [0, 0.05) is 32.3 Å². The van der Waals surface area contributed by atoms with Gasteiger partial charge in [0.25, 0.3) is 0 Å². The largest absolute Gasteiger partial charge is 0.396 e. The van der Waals surface area contributed by atoms with Crippen LogP contribution < -0.4 is 10.6 Å². The predicted octanol–water partition coefficient (Wildman–Crippen LogP) is 2.19. The Kier molecular flexibility index (Phi) is 10.5. The summed E-state index contributed by atoms with van der Waals surface area (Å²) >= 11 is 0. The minimum Gasteiger partial charge on any atom is -0.396 e. The van der Waals surface area contributed by atoms with Gasteiger partial charge in [0.15, 0.2) is 15.8 Å². The van der Waals surface area contributed by atoms with Crippen LogP contribution in [0, 0.1) is 0 Å². The van der Waals surface area contributed by atoms with E-state index in [1.54, 1.807) is 19.2 Å². The first-order valence-electron chi connectivity index (χ1n) is 8.83. The maximum atomic E-state index is 11.5. The Morgan fingerprint density at radius 2 is 1.71 bits per heavy atom. The zero-order valence-corrected chi connectivity index (χ0v) is 19.3. The van der Waals surface area contributed by atoms with Gasteiger partial charge in [-0.1, -0.05) is 42.5 Å². The molecule has 0 amide bonds. The first-order valence-corrected chi connectivity index (χ1v) is 10.7. The van der Waals surface area contributed by atoms with E-state index in [-0.39, 0.29) is 36.5 Å². The Hall–Kier alpha value is -1.65. The average molecular weight is 517 g/mol. The van der Waals surface area contributed by atoms with Gasteiger partial charge in [-0.25, -0.2) is 8.42 Å². The molecule has 0 spiro atoms. The van der Waals surface area contributed by atoms with Crippen LogP contribution in [0.1, 0.15) is 17.0 Å². The van der Waals surface area contributed by atoms with Gasteiger partial charge in [0.05, 0.1) is 11.5 Å². The normalized spacial score (nSPS) is 12.8. The fourth-order valence-corrected chi connectivity index (χ4v) is 3.31. The molecule has 3 N–H and O–H groups in total. The molecule has 0 saturated heterocycles. The molecule has 0 aliphatic carbocycles. The summed E-state index contributed by atoms with van der Waals surface area (Å²) in [7, 11) is -1.46. The molecule has 0 fully saturated rings. The Morgan fingerprint density at radius 3 is 2.25 bits per heavy atom. The summed E-state index contributed by atoms with van der Waals surface area (Å²) in [6.07, 6.45) is 1.95. The summed E-state index contributed by atoms with van der Waals surface area (Å²) in [5.41, 5.74) is 2.12. The van der Waals surface area contributed by atoms with E-state index >= 15 is 0 Å². The van der Waals surface area contributed by atoms with Crippen LogP contribution in [0.5, 0.6) is 0 Å². The Bertz CT molecular complexity index is 841.